The third-order valence-corrected chi connectivity index (χ3v) is 2.08. The first-order valence-electron chi connectivity index (χ1n) is 5.07. The molecule has 0 bridgehead atoms. The lowest BCUT2D eigenvalue weighted by Crippen LogP contribution is -2.36. The van der Waals surface area contributed by atoms with Gasteiger partial charge in [-0.05, 0) is 20.3 Å². The second kappa shape index (κ2) is 7.56. The molecule has 0 aliphatic heterocycles. The zero-order valence-corrected chi connectivity index (χ0v) is 8.64. The van der Waals surface area contributed by atoms with Gasteiger partial charge in [0, 0.05) is 12.1 Å². The molecule has 12 heavy (non-hydrogen) atoms. The summed E-state index contributed by atoms with van der Waals surface area (Å²) in [4.78, 5) is 0. The number of rotatable bonds is 7. The van der Waals surface area contributed by atoms with E-state index >= 15 is 0 Å². The van der Waals surface area contributed by atoms with E-state index in [4.69, 9.17) is 5.11 Å². The zero-order valence-electron chi connectivity index (χ0n) is 8.64. The minimum absolute atomic E-state index is 0.234. The summed E-state index contributed by atoms with van der Waals surface area (Å²) >= 11 is 0. The standard InChI is InChI=1S/C10H23NO/c1-4-5-6-7-9(2)11-10(3)8-12/h9-12H,4-8H2,1-3H3/t9?,10-/m1/s1. The fraction of sp³-hybridized carbons (Fsp3) is 1.00. The number of aliphatic hydroxyl groups is 1. The van der Waals surface area contributed by atoms with E-state index in [-0.39, 0.29) is 12.6 Å². The number of hydrogen-bond donors (Lipinski definition) is 2. The SMILES string of the molecule is CCCCCC(C)N[C@H](C)CO. The van der Waals surface area contributed by atoms with Gasteiger partial charge >= 0.3 is 0 Å². The lowest BCUT2D eigenvalue weighted by atomic mass is 10.1. The van der Waals surface area contributed by atoms with Gasteiger partial charge in [0.05, 0.1) is 6.61 Å². The average Bonchev–Trinajstić information content (AvgIpc) is 2.05. The van der Waals surface area contributed by atoms with Crippen molar-refractivity contribution in [1.82, 2.24) is 5.32 Å². The van der Waals surface area contributed by atoms with E-state index in [1.807, 2.05) is 6.92 Å². The number of unbranched alkanes of at least 4 members (excludes halogenated alkanes) is 2. The molecule has 0 radical (unpaired) electrons. The predicted octanol–water partition coefficient (Wildman–Crippen LogP) is 1.93. The Labute approximate surface area is 76.4 Å². The van der Waals surface area contributed by atoms with Crippen molar-refractivity contribution >= 4 is 0 Å². The van der Waals surface area contributed by atoms with Gasteiger partial charge in [0.25, 0.3) is 0 Å². The molecule has 0 saturated carbocycles. The largest absolute Gasteiger partial charge is 0.395 e. The minimum atomic E-state index is 0.234. The molecule has 2 atom stereocenters. The number of nitrogens with one attached hydrogen (secondary N) is 1. The summed E-state index contributed by atoms with van der Waals surface area (Å²) in [5.41, 5.74) is 0. The van der Waals surface area contributed by atoms with Crippen LogP contribution in [0.25, 0.3) is 0 Å². The highest BCUT2D eigenvalue weighted by Gasteiger charge is 2.04. The van der Waals surface area contributed by atoms with Crippen LogP contribution in [0.1, 0.15) is 46.5 Å². The third-order valence-electron chi connectivity index (χ3n) is 2.08. The molecule has 74 valence electrons. The molecule has 0 rings (SSSR count). The molecule has 0 heterocycles. The van der Waals surface area contributed by atoms with E-state index in [9.17, 15) is 0 Å². The van der Waals surface area contributed by atoms with Crippen LogP contribution in [0.2, 0.25) is 0 Å². The highest BCUT2D eigenvalue weighted by molar-refractivity contribution is 4.66. The molecule has 0 aliphatic rings. The Kier molecular flexibility index (Phi) is 7.51. The summed E-state index contributed by atoms with van der Waals surface area (Å²) in [5, 5.41) is 12.1. The van der Waals surface area contributed by atoms with Crippen LogP contribution in [0.5, 0.6) is 0 Å². The van der Waals surface area contributed by atoms with E-state index < -0.39 is 0 Å². The van der Waals surface area contributed by atoms with Crippen LogP contribution in [0.3, 0.4) is 0 Å². The van der Waals surface area contributed by atoms with Crippen LogP contribution in [0.15, 0.2) is 0 Å². The Morgan fingerprint density at radius 2 is 1.83 bits per heavy atom. The van der Waals surface area contributed by atoms with Crippen molar-refractivity contribution in [3.05, 3.63) is 0 Å². The normalized spacial score (nSPS) is 16.0. The molecule has 2 nitrogen and oxygen atoms in total. The van der Waals surface area contributed by atoms with Crippen molar-refractivity contribution in [3.63, 3.8) is 0 Å². The third kappa shape index (κ3) is 6.62. The molecule has 2 heteroatoms. The van der Waals surface area contributed by atoms with Crippen molar-refractivity contribution < 1.29 is 5.11 Å². The van der Waals surface area contributed by atoms with E-state index in [1.54, 1.807) is 0 Å². The molecule has 0 aliphatic carbocycles. The molecule has 0 aromatic carbocycles. The summed E-state index contributed by atoms with van der Waals surface area (Å²) in [6.07, 6.45) is 5.11. The van der Waals surface area contributed by atoms with E-state index in [0.29, 0.717) is 6.04 Å². The molecule has 0 amide bonds. The van der Waals surface area contributed by atoms with E-state index in [2.05, 4.69) is 19.2 Å². The van der Waals surface area contributed by atoms with Gasteiger partial charge in [-0.15, -0.1) is 0 Å². The summed E-state index contributed by atoms with van der Waals surface area (Å²) in [6.45, 7) is 6.64. The molecule has 0 aromatic heterocycles. The highest BCUT2D eigenvalue weighted by Crippen LogP contribution is 2.03. The maximum absolute atomic E-state index is 8.79. The molecule has 1 unspecified atom stereocenters. The fourth-order valence-electron chi connectivity index (χ4n) is 1.32. The Morgan fingerprint density at radius 1 is 1.17 bits per heavy atom. The molecule has 0 spiro atoms. The monoisotopic (exact) mass is 173 g/mol. The smallest absolute Gasteiger partial charge is 0.0582 e. The van der Waals surface area contributed by atoms with Crippen LogP contribution >= 0.6 is 0 Å². The van der Waals surface area contributed by atoms with E-state index in [1.165, 1.54) is 25.7 Å². The van der Waals surface area contributed by atoms with Crippen molar-refractivity contribution in [2.45, 2.75) is 58.5 Å². The van der Waals surface area contributed by atoms with Gasteiger partial charge < -0.3 is 10.4 Å². The van der Waals surface area contributed by atoms with Gasteiger partial charge in [0.2, 0.25) is 0 Å². The summed E-state index contributed by atoms with van der Waals surface area (Å²) < 4.78 is 0. The van der Waals surface area contributed by atoms with Crippen LogP contribution in [-0.4, -0.2) is 23.8 Å². The first kappa shape index (κ1) is 11.9. The van der Waals surface area contributed by atoms with Gasteiger partial charge in [0.15, 0.2) is 0 Å². The Hall–Kier alpha value is -0.0800. The average molecular weight is 173 g/mol. The Bertz CT molecular complexity index is 95.8. The minimum Gasteiger partial charge on any atom is -0.395 e. The number of aliphatic hydroxyl groups excluding tert-OH is 1. The molecule has 0 aromatic rings. The van der Waals surface area contributed by atoms with Gasteiger partial charge in [-0.2, -0.15) is 0 Å². The second-order valence-electron chi connectivity index (χ2n) is 3.65. The molecule has 2 N–H and O–H groups in total. The maximum Gasteiger partial charge on any atom is 0.0582 e. The number of hydrogen-bond acceptors (Lipinski definition) is 2. The molecular formula is C10H23NO. The summed E-state index contributed by atoms with van der Waals surface area (Å²) in [5.74, 6) is 0. The second-order valence-corrected chi connectivity index (χ2v) is 3.65. The predicted molar refractivity (Wildman–Crippen MR) is 53.3 cm³/mol. The topological polar surface area (TPSA) is 32.3 Å². The van der Waals surface area contributed by atoms with Gasteiger partial charge in [-0.25, -0.2) is 0 Å². The lowest BCUT2D eigenvalue weighted by Gasteiger charge is -2.17. The van der Waals surface area contributed by atoms with Gasteiger partial charge in [-0.1, -0.05) is 26.2 Å². The van der Waals surface area contributed by atoms with Gasteiger partial charge in [0.1, 0.15) is 0 Å². The first-order chi connectivity index (χ1) is 5.70. The zero-order chi connectivity index (χ0) is 9.40. The summed E-state index contributed by atoms with van der Waals surface area (Å²) in [6, 6.07) is 0.778. The van der Waals surface area contributed by atoms with Crippen LogP contribution in [0, 0.1) is 0 Å². The van der Waals surface area contributed by atoms with Crippen molar-refractivity contribution in [2.24, 2.45) is 0 Å². The highest BCUT2D eigenvalue weighted by atomic mass is 16.3. The molecule has 0 fully saturated rings. The first-order valence-corrected chi connectivity index (χ1v) is 5.07. The van der Waals surface area contributed by atoms with Crippen molar-refractivity contribution in [1.29, 1.82) is 0 Å². The van der Waals surface area contributed by atoms with Crippen molar-refractivity contribution in [3.8, 4) is 0 Å². The van der Waals surface area contributed by atoms with Gasteiger partial charge in [-0.3, -0.25) is 0 Å². The van der Waals surface area contributed by atoms with Crippen LogP contribution in [-0.2, 0) is 0 Å². The Morgan fingerprint density at radius 3 is 2.33 bits per heavy atom. The van der Waals surface area contributed by atoms with Crippen LogP contribution in [0.4, 0.5) is 0 Å². The van der Waals surface area contributed by atoms with Crippen molar-refractivity contribution in [2.75, 3.05) is 6.61 Å². The van der Waals surface area contributed by atoms with Crippen LogP contribution < -0.4 is 5.32 Å². The maximum atomic E-state index is 8.79. The quantitative estimate of drug-likeness (QED) is 0.577. The Balaban J connectivity index is 3.26. The summed E-state index contributed by atoms with van der Waals surface area (Å²) in [7, 11) is 0. The lowest BCUT2D eigenvalue weighted by molar-refractivity contribution is 0.240. The fourth-order valence-corrected chi connectivity index (χ4v) is 1.32. The molecule has 0 saturated heterocycles. The van der Waals surface area contributed by atoms with E-state index in [0.717, 1.165) is 0 Å². The molecular weight excluding hydrogens is 150 g/mol.